The average molecular weight is 549 g/mol. The van der Waals surface area contributed by atoms with Crippen LogP contribution in [0, 0.1) is 0 Å². The molecular weight excluding hydrogens is 528 g/mol. The molecule has 8 nitrogen and oxygen atoms in total. The van der Waals surface area contributed by atoms with E-state index in [2.05, 4.69) is 4.99 Å². The van der Waals surface area contributed by atoms with Gasteiger partial charge >= 0.3 is 11.9 Å². The molecule has 3 heterocycles. The molecule has 192 valence electrons. The van der Waals surface area contributed by atoms with Gasteiger partial charge in [0.2, 0.25) is 0 Å². The van der Waals surface area contributed by atoms with Crippen molar-refractivity contribution in [3.63, 3.8) is 0 Å². The van der Waals surface area contributed by atoms with Gasteiger partial charge in [-0.2, -0.15) is 0 Å². The lowest BCUT2D eigenvalue weighted by Gasteiger charge is -2.24. The van der Waals surface area contributed by atoms with Gasteiger partial charge in [0.05, 0.1) is 39.0 Å². The van der Waals surface area contributed by atoms with Crippen LogP contribution < -0.4 is 14.9 Å². The third-order valence-corrected chi connectivity index (χ3v) is 7.33. The zero-order valence-corrected chi connectivity index (χ0v) is 21.9. The monoisotopic (exact) mass is 548 g/mol. The Morgan fingerprint density at radius 2 is 1.95 bits per heavy atom. The zero-order valence-electron chi connectivity index (χ0n) is 20.3. The number of hydrogen-bond acceptors (Lipinski definition) is 7. The number of allylic oxidation sites excluding steroid dienone is 1. The number of fused-ring (bicyclic) bond motifs is 1. The van der Waals surface area contributed by atoms with Gasteiger partial charge in [0.25, 0.3) is 5.56 Å². The van der Waals surface area contributed by atoms with Crippen LogP contribution in [0.5, 0.6) is 0 Å². The molecule has 0 amide bonds. The molecule has 0 unspecified atom stereocenters. The van der Waals surface area contributed by atoms with Crippen molar-refractivity contribution in [2.75, 3.05) is 6.61 Å². The number of halogens is 1. The largest absolute Gasteiger partial charge is 0.478 e. The van der Waals surface area contributed by atoms with E-state index < -0.39 is 18.0 Å². The first-order chi connectivity index (χ1) is 18.3. The predicted octanol–water partition coefficient (Wildman–Crippen LogP) is 4.41. The molecule has 0 saturated heterocycles. The van der Waals surface area contributed by atoms with E-state index in [0.29, 0.717) is 37.7 Å². The number of rotatable bonds is 6. The first-order valence-corrected chi connectivity index (χ1v) is 12.9. The Morgan fingerprint density at radius 3 is 2.66 bits per heavy atom. The van der Waals surface area contributed by atoms with Crippen molar-refractivity contribution in [3.8, 4) is 11.3 Å². The van der Waals surface area contributed by atoms with Crippen LogP contribution in [0.2, 0.25) is 5.02 Å². The van der Waals surface area contributed by atoms with Gasteiger partial charge in [0.15, 0.2) is 4.80 Å². The lowest BCUT2D eigenvalue weighted by molar-refractivity contribution is -0.139. The summed E-state index contributed by atoms with van der Waals surface area (Å²) in [5.41, 5.74) is 1.73. The molecule has 4 aromatic rings. The molecule has 0 radical (unpaired) electrons. The summed E-state index contributed by atoms with van der Waals surface area (Å²) in [5.74, 6) is -0.841. The van der Waals surface area contributed by atoms with Crippen LogP contribution in [0.4, 0.5) is 0 Å². The Hall–Kier alpha value is -4.21. The lowest BCUT2D eigenvalue weighted by atomic mass is 9.96. The van der Waals surface area contributed by atoms with Crippen LogP contribution in [0.3, 0.4) is 0 Å². The summed E-state index contributed by atoms with van der Waals surface area (Å²) in [7, 11) is 0. The molecule has 1 aliphatic heterocycles. The highest BCUT2D eigenvalue weighted by Gasteiger charge is 2.33. The van der Waals surface area contributed by atoms with Crippen molar-refractivity contribution < 1.29 is 23.8 Å². The summed E-state index contributed by atoms with van der Waals surface area (Å²) < 4.78 is 13.1. The van der Waals surface area contributed by atoms with Gasteiger partial charge < -0.3 is 14.3 Å². The number of carboxylic acid groups (broad SMARTS) is 1. The molecule has 5 rings (SSSR count). The molecule has 2 aromatic heterocycles. The third kappa shape index (κ3) is 4.62. The molecule has 1 atom stereocenters. The van der Waals surface area contributed by atoms with E-state index in [9.17, 15) is 19.5 Å². The van der Waals surface area contributed by atoms with Crippen molar-refractivity contribution in [2.24, 2.45) is 4.99 Å². The molecule has 0 aliphatic carbocycles. The fourth-order valence-electron chi connectivity index (χ4n) is 4.30. The number of ether oxygens (including phenoxy) is 1. The van der Waals surface area contributed by atoms with Gasteiger partial charge in [0, 0.05) is 11.6 Å². The fourth-order valence-corrected chi connectivity index (χ4v) is 5.52. The van der Waals surface area contributed by atoms with Gasteiger partial charge in [-0.25, -0.2) is 14.6 Å². The van der Waals surface area contributed by atoms with Crippen LogP contribution >= 0.6 is 22.9 Å². The number of hydrogen-bond donors (Lipinski definition) is 1. The summed E-state index contributed by atoms with van der Waals surface area (Å²) in [4.78, 5) is 43.0. The summed E-state index contributed by atoms with van der Waals surface area (Å²) in [6.45, 7) is 3.66. The second-order valence-corrected chi connectivity index (χ2v) is 9.83. The number of carbonyl (C=O) groups is 2. The van der Waals surface area contributed by atoms with Crippen LogP contribution in [-0.2, 0) is 9.53 Å². The number of carbonyl (C=O) groups excluding carboxylic acids is 1. The van der Waals surface area contributed by atoms with Gasteiger partial charge in [-0.3, -0.25) is 9.36 Å². The molecule has 1 N–H and O–H groups in total. The normalized spacial score (nSPS) is 15.2. The average Bonchev–Trinajstić information content (AvgIpc) is 3.48. The molecule has 0 spiro atoms. The summed E-state index contributed by atoms with van der Waals surface area (Å²) in [5, 5.41) is 9.48. The molecule has 0 saturated carbocycles. The van der Waals surface area contributed by atoms with Crippen molar-refractivity contribution in [2.45, 2.75) is 19.9 Å². The number of aromatic carboxylic acids is 1. The lowest BCUT2D eigenvalue weighted by Crippen LogP contribution is -2.39. The molecular formula is C28H21ClN2O6S. The number of aromatic nitrogens is 1. The quantitative estimate of drug-likeness (QED) is 0.357. The number of furan rings is 1. The van der Waals surface area contributed by atoms with Crippen molar-refractivity contribution in [3.05, 3.63) is 114 Å². The Morgan fingerprint density at radius 1 is 1.18 bits per heavy atom. The zero-order chi connectivity index (χ0) is 27.0. The molecule has 10 heteroatoms. The smallest absolute Gasteiger partial charge is 0.338 e. The van der Waals surface area contributed by atoms with Gasteiger partial charge in [-0.15, -0.1) is 0 Å². The third-order valence-electron chi connectivity index (χ3n) is 6.01. The fraction of sp³-hybridized carbons (Fsp3) is 0.143. The molecule has 0 bridgehead atoms. The number of benzene rings is 2. The Balaban J connectivity index is 1.61. The minimum absolute atomic E-state index is 0.0379. The SMILES string of the molecule is CCOC(=O)C1=C(C)N=c2s/c(=C\c3ccc(-c4ccc(Cl)c(C(=O)O)c4)o3)c(=O)n2[C@@H]1c1ccccc1. The van der Waals surface area contributed by atoms with Crippen LogP contribution in [0.15, 0.2) is 86.1 Å². The van der Waals surface area contributed by atoms with Gasteiger partial charge in [-0.1, -0.05) is 53.3 Å². The molecule has 0 fully saturated rings. The predicted molar refractivity (Wildman–Crippen MR) is 143 cm³/mol. The van der Waals surface area contributed by atoms with E-state index in [1.54, 1.807) is 38.1 Å². The highest BCUT2D eigenvalue weighted by atomic mass is 35.5. The minimum Gasteiger partial charge on any atom is -0.478 e. The van der Waals surface area contributed by atoms with E-state index >= 15 is 0 Å². The first kappa shape index (κ1) is 25.4. The van der Waals surface area contributed by atoms with Crippen LogP contribution in [0.25, 0.3) is 17.4 Å². The van der Waals surface area contributed by atoms with E-state index in [-0.39, 0.29) is 22.8 Å². The Kier molecular flexibility index (Phi) is 6.88. The topological polar surface area (TPSA) is 111 Å². The first-order valence-electron chi connectivity index (χ1n) is 11.7. The standard InChI is InChI=1S/C28H21ClN2O6S/c1-3-36-27(35)23-15(2)30-28-31(24(23)16-7-5-4-6-8-16)25(32)22(38-28)14-18-10-12-21(37-18)17-9-11-20(29)19(13-17)26(33)34/h4-14,24H,3H2,1-2H3,(H,33,34)/b22-14-/t24-/m1/s1. The highest BCUT2D eigenvalue weighted by Crippen LogP contribution is 2.31. The molecule has 2 aromatic carbocycles. The van der Waals surface area contributed by atoms with E-state index in [0.717, 1.165) is 5.56 Å². The summed E-state index contributed by atoms with van der Waals surface area (Å²) in [6, 6.07) is 16.5. The maximum Gasteiger partial charge on any atom is 0.338 e. The molecule has 1 aliphatic rings. The van der Waals surface area contributed by atoms with Crippen molar-refractivity contribution in [1.29, 1.82) is 0 Å². The van der Waals surface area contributed by atoms with Gasteiger partial charge in [-0.05, 0) is 49.7 Å². The Bertz CT molecular complexity index is 1780. The summed E-state index contributed by atoms with van der Waals surface area (Å²) in [6.07, 6.45) is 1.60. The van der Waals surface area contributed by atoms with Gasteiger partial charge in [0.1, 0.15) is 11.5 Å². The van der Waals surface area contributed by atoms with E-state index in [1.165, 1.54) is 28.0 Å². The van der Waals surface area contributed by atoms with E-state index in [1.807, 2.05) is 30.3 Å². The number of nitrogens with zero attached hydrogens (tertiary/aromatic N) is 2. The second-order valence-electron chi connectivity index (χ2n) is 8.41. The maximum absolute atomic E-state index is 13.7. The summed E-state index contributed by atoms with van der Waals surface area (Å²) >= 11 is 7.16. The minimum atomic E-state index is -1.14. The van der Waals surface area contributed by atoms with E-state index in [4.69, 9.17) is 20.8 Å². The Labute approximate surface area is 225 Å². The van der Waals surface area contributed by atoms with Crippen molar-refractivity contribution in [1.82, 2.24) is 4.57 Å². The number of thiazole rings is 1. The van der Waals surface area contributed by atoms with Crippen molar-refractivity contribution >= 4 is 41.0 Å². The molecule has 38 heavy (non-hydrogen) atoms. The number of esters is 1. The maximum atomic E-state index is 13.7. The number of carboxylic acids is 1. The van der Waals surface area contributed by atoms with Crippen LogP contribution in [0.1, 0.15) is 41.6 Å². The van der Waals surface area contributed by atoms with Crippen LogP contribution in [-0.4, -0.2) is 28.2 Å². The second kappa shape index (κ2) is 10.3. The highest BCUT2D eigenvalue weighted by molar-refractivity contribution is 7.07.